The Bertz CT molecular complexity index is 1240. The monoisotopic (exact) mass is 541 g/mol. The number of carbonyl (C=O) groups is 1. The first-order chi connectivity index (χ1) is 16.1. The fraction of sp³-hybridized carbons (Fsp3) is 0.231. The van der Waals surface area contributed by atoms with Gasteiger partial charge in [-0.25, -0.2) is 13.8 Å². The molecule has 0 fully saturated rings. The van der Waals surface area contributed by atoms with Gasteiger partial charge in [0.1, 0.15) is 6.54 Å². The molecule has 1 amide bonds. The Hall–Kier alpha value is -2.97. The fourth-order valence-corrected chi connectivity index (χ4v) is 5.34. The highest BCUT2D eigenvalue weighted by Crippen LogP contribution is 2.27. The molecular formula is C26H28BrN3O3S. The molecule has 178 valence electrons. The Labute approximate surface area is 209 Å². The lowest BCUT2D eigenvalue weighted by Crippen LogP contribution is -2.39. The molecule has 6 nitrogen and oxygen atoms in total. The number of hydrogen-bond acceptors (Lipinski definition) is 4. The first kappa shape index (κ1) is 25.6. The van der Waals surface area contributed by atoms with Gasteiger partial charge in [-0.2, -0.15) is 5.10 Å². The van der Waals surface area contributed by atoms with Crippen LogP contribution in [0.4, 0.5) is 5.69 Å². The Kier molecular flexibility index (Phi) is 8.28. The quantitative estimate of drug-likeness (QED) is 0.286. The molecule has 0 saturated carbocycles. The maximum atomic E-state index is 13.3. The summed E-state index contributed by atoms with van der Waals surface area (Å²) in [4.78, 5) is 12.9. The van der Waals surface area contributed by atoms with E-state index in [0.717, 1.165) is 14.5 Å². The van der Waals surface area contributed by atoms with Crippen molar-refractivity contribution in [2.24, 2.45) is 5.10 Å². The van der Waals surface area contributed by atoms with Crippen LogP contribution < -0.4 is 9.73 Å². The van der Waals surface area contributed by atoms with Gasteiger partial charge < -0.3 is 0 Å². The van der Waals surface area contributed by atoms with Crippen molar-refractivity contribution in [3.05, 3.63) is 95.0 Å². The smallest absolute Gasteiger partial charge is 0.264 e. The number of halogens is 1. The van der Waals surface area contributed by atoms with Crippen molar-refractivity contribution >= 4 is 43.3 Å². The molecule has 0 aromatic heterocycles. The molecule has 3 aromatic carbocycles. The molecule has 8 heteroatoms. The van der Waals surface area contributed by atoms with Crippen molar-refractivity contribution in [3.63, 3.8) is 0 Å². The van der Waals surface area contributed by atoms with Gasteiger partial charge in [-0.1, -0.05) is 78.3 Å². The lowest BCUT2D eigenvalue weighted by Gasteiger charge is -2.25. The SMILES string of the molecule is C/C(CC(C)(C)c1ccccc1)=N/NC(=O)CN(c1ccc(Br)cc1)S(=O)(=O)c1ccccc1. The molecule has 3 rings (SSSR count). The van der Waals surface area contributed by atoms with Gasteiger partial charge in [0, 0.05) is 10.2 Å². The summed E-state index contributed by atoms with van der Waals surface area (Å²) in [6, 6.07) is 24.9. The lowest BCUT2D eigenvalue weighted by molar-refractivity contribution is -0.119. The van der Waals surface area contributed by atoms with Crippen LogP contribution in [-0.2, 0) is 20.2 Å². The van der Waals surface area contributed by atoms with E-state index in [1.54, 1.807) is 42.5 Å². The van der Waals surface area contributed by atoms with Crippen LogP contribution in [0.25, 0.3) is 0 Å². The number of carbonyl (C=O) groups excluding carboxylic acids is 1. The van der Waals surface area contributed by atoms with Gasteiger partial charge in [-0.15, -0.1) is 0 Å². The summed E-state index contributed by atoms with van der Waals surface area (Å²) >= 11 is 3.36. The summed E-state index contributed by atoms with van der Waals surface area (Å²) in [5.41, 5.74) is 4.65. The average molecular weight is 542 g/mol. The third-order valence-corrected chi connectivity index (χ3v) is 7.67. The lowest BCUT2D eigenvalue weighted by atomic mass is 9.80. The zero-order valence-electron chi connectivity index (χ0n) is 19.4. The van der Waals surface area contributed by atoms with Gasteiger partial charge in [0.25, 0.3) is 15.9 Å². The zero-order valence-corrected chi connectivity index (χ0v) is 21.8. The summed E-state index contributed by atoms with van der Waals surface area (Å²) in [5.74, 6) is -0.528. The highest BCUT2D eigenvalue weighted by atomic mass is 79.9. The van der Waals surface area contributed by atoms with Crippen LogP contribution >= 0.6 is 15.9 Å². The standard InChI is InChI=1S/C26H28BrN3O3S/c1-20(18-26(2,3)21-10-6-4-7-11-21)28-29-25(31)19-30(23-16-14-22(27)15-17-23)34(32,33)24-12-8-5-9-13-24/h4-17H,18-19H2,1-3H3,(H,29,31)/b28-20-. The topological polar surface area (TPSA) is 78.8 Å². The average Bonchev–Trinajstić information content (AvgIpc) is 2.83. The molecule has 34 heavy (non-hydrogen) atoms. The molecule has 0 heterocycles. The van der Waals surface area contributed by atoms with Gasteiger partial charge in [-0.05, 0) is 60.7 Å². The second-order valence-electron chi connectivity index (χ2n) is 8.61. The molecule has 1 N–H and O–H groups in total. The molecule has 3 aromatic rings. The largest absolute Gasteiger partial charge is 0.271 e. The first-order valence-corrected chi connectivity index (χ1v) is 13.0. The van der Waals surface area contributed by atoms with Crippen LogP contribution in [0.3, 0.4) is 0 Å². The van der Waals surface area contributed by atoms with Crippen LogP contribution in [0.15, 0.2) is 99.4 Å². The van der Waals surface area contributed by atoms with Crippen LogP contribution in [0, 0.1) is 0 Å². The predicted octanol–water partition coefficient (Wildman–Crippen LogP) is 5.50. The van der Waals surface area contributed by atoms with Crippen molar-refractivity contribution in [2.45, 2.75) is 37.5 Å². The predicted molar refractivity (Wildman–Crippen MR) is 140 cm³/mol. The number of hydrogen-bond donors (Lipinski definition) is 1. The first-order valence-electron chi connectivity index (χ1n) is 10.8. The van der Waals surface area contributed by atoms with E-state index < -0.39 is 22.5 Å². The minimum absolute atomic E-state index is 0.106. The van der Waals surface area contributed by atoms with Crippen molar-refractivity contribution in [3.8, 4) is 0 Å². The number of sulfonamides is 1. The Morgan fingerprint density at radius 1 is 0.941 bits per heavy atom. The van der Waals surface area contributed by atoms with Gasteiger partial charge in [0.15, 0.2) is 0 Å². The summed E-state index contributed by atoms with van der Waals surface area (Å²) in [6.45, 7) is 5.67. The molecule has 0 saturated heterocycles. The molecule has 0 aliphatic rings. The molecule has 0 aliphatic carbocycles. The van der Waals surface area contributed by atoms with E-state index in [4.69, 9.17) is 0 Å². The van der Waals surface area contributed by atoms with E-state index >= 15 is 0 Å². The number of anilines is 1. The Morgan fingerprint density at radius 2 is 1.50 bits per heavy atom. The van der Waals surface area contributed by atoms with Crippen molar-refractivity contribution in [2.75, 3.05) is 10.8 Å². The minimum atomic E-state index is -3.96. The maximum absolute atomic E-state index is 13.3. The van der Waals surface area contributed by atoms with Gasteiger partial charge in [-0.3, -0.25) is 9.10 Å². The van der Waals surface area contributed by atoms with Crippen molar-refractivity contribution in [1.29, 1.82) is 0 Å². The number of benzene rings is 3. The van der Waals surface area contributed by atoms with Crippen molar-refractivity contribution < 1.29 is 13.2 Å². The van der Waals surface area contributed by atoms with Crippen LogP contribution in [0.1, 0.15) is 32.8 Å². The van der Waals surface area contributed by atoms with E-state index in [1.807, 2.05) is 25.1 Å². The summed E-state index contributed by atoms with van der Waals surface area (Å²) in [6.07, 6.45) is 0.635. The van der Waals surface area contributed by atoms with Crippen LogP contribution in [0.5, 0.6) is 0 Å². The fourth-order valence-electron chi connectivity index (χ4n) is 3.64. The number of amides is 1. The van der Waals surface area contributed by atoms with Crippen molar-refractivity contribution in [1.82, 2.24) is 5.43 Å². The third kappa shape index (κ3) is 6.55. The van der Waals surface area contributed by atoms with Gasteiger partial charge >= 0.3 is 0 Å². The van der Waals surface area contributed by atoms with Gasteiger partial charge in [0.05, 0.1) is 10.6 Å². The molecule has 0 bridgehead atoms. The second-order valence-corrected chi connectivity index (χ2v) is 11.4. The molecule has 0 unspecified atom stereocenters. The Balaban J connectivity index is 1.77. The van der Waals surface area contributed by atoms with E-state index in [0.29, 0.717) is 12.1 Å². The molecular weight excluding hydrogens is 514 g/mol. The molecule has 0 radical (unpaired) electrons. The molecule has 0 spiro atoms. The van der Waals surface area contributed by atoms with E-state index in [2.05, 4.69) is 52.4 Å². The second kappa shape index (κ2) is 11.0. The summed E-state index contributed by atoms with van der Waals surface area (Å²) < 4.78 is 28.6. The van der Waals surface area contributed by atoms with E-state index in [-0.39, 0.29) is 10.3 Å². The number of hydrazone groups is 1. The van der Waals surface area contributed by atoms with Crippen LogP contribution in [-0.4, -0.2) is 26.6 Å². The third-order valence-electron chi connectivity index (χ3n) is 5.36. The van der Waals surface area contributed by atoms with E-state index in [1.165, 1.54) is 17.7 Å². The molecule has 0 atom stereocenters. The summed E-state index contributed by atoms with van der Waals surface area (Å²) in [7, 11) is -3.96. The van der Waals surface area contributed by atoms with Gasteiger partial charge in [0.2, 0.25) is 0 Å². The highest BCUT2D eigenvalue weighted by molar-refractivity contribution is 9.10. The minimum Gasteiger partial charge on any atom is -0.271 e. The number of nitrogens with one attached hydrogen (secondary N) is 1. The number of rotatable bonds is 9. The molecule has 0 aliphatic heterocycles. The maximum Gasteiger partial charge on any atom is 0.264 e. The normalized spacial score (nSPS) is 12.3. The highest BCUT2D eigenvalue weighted by Gasteiger charge is 2.27. The number of nitrogens with zero attached hydrogens (tertiary/aromatic N) is 2. The zero-order chi connectivity index (χ0) is 24.8. The van der Waals surface area contributed by atoms with E-state index in [9.17, 15) is 13.2 Å². The van der Waals surface area contributed by atoms with Crippen LogP contribution in [0.2, 0.25) is 0 Å². The summed E-state index contributed by atoms with van der Waals surface area (Å²) in [5, 5.41) is 4.24. The Morgan fingerprint density at radius 3 is 2.09 bits per heavy atom.